The number of aryl methyl sites for hydroxylation is 1. The molecule has 0 saturated heterocycles. The molecule has 0 aliphatic heterocycles. The largest absolute Gasteiger partial charge is 0.416 e. The van der Waals surface area contributed by atoms with Gasteiger partial charge in [0.15, 0.2) is 11.0 Å². The summed E-state index contributed by atoms with van der Waals surface area (Å²) in [6.45, 7) is 4.68. The van der Waals surface area contributed by atoms with Crippen LogP contribution in [0.15, 0.2) is 53.7 Å². The average Bonchev–Trinajstić information content (AvgIpc) is 3.18. The Morgan fingerprint density at radius 3 is 2.66 bits per heavy atom. The summed E-state index contributed by atoms with van der Waals surface area (Å²) < 4.78 is 40.2. The highest BCUT2D eigenvalue weighted by atomic mass is 32.2. The number of rotatable bonds is 6. The fraction of sp³-hybridized carbons (Fsp3) is 0.261. The number of aromatic nitrogens is 3. The molecule has 32 heavy (non-hydrogen) atoms. The van der Waals surface area contributed by atoms with E-state index in [9.17, 15) is 18.0 Å². The summed E-state index contributed by atoms with van der Waals surface area (Å²) in [7, 11) is 0. The molecular formula is C23H21F3N4OS. The van der Waals surface area contributed by atoms with E-state index in [1.807, 2.05) is 42.7 Å². The molecule has 3 aromatic rings. The van der Waals surface area contributed by atoms with E-state index in [1.54, 1.807) is 0 Å². The fourth-order valence-corrected chi connectivity index (χ4v) is 3.78. The molecule has 0 fully saturated rings. The summed E-state index contributed by atoms with van der Waals surface area (Å²) in [6.07, 6.45) is -4.42. The molecule has 0 saturated carbocycles. The van der Waals surface area contributed by atoms with Gasteiger partial charge in [-0.2, -0.15) is 13.2 Å². The smallest absolute Gasteiger partial charge is 0.344 e. The summed E-state index contributed by atoms with van der Waals surface area (Å²) in [6, 6.07) is 12.7. The third-order valence-corrected chi connectivity index (χ3v) is 5.51. The highest BCUT2D eigenvalue weighted by molar-refractivity contribution is 7.99. The van der Waals surface area contributed by atoms with Crippen LogP contribution in [0, 0.1) is 18.8 Å². The van der Waals surface area contributed by atoms with Gasteiger partial charge in [0, 0.05) is 17.7 Å². The molecule has 0 aliphatic carbocycles. The molecule has 0 unspecified atom stereocenters. The van der Waals surface area contributed by atoms with Gasteiger partial charge in [-0.25, -0.2) is 0 Å². The Balaban J connectivity index is 1.56. The van der Waals surface area contributed by atoms with Crippen LogP contribution in [0.3, 0.4) is 0 Å². The lowest BCUT2D eigenvalue weighted by Crippen LogP contribution is -2.25. The van der Waals surface area contributed by atoms with E-state index in [0.29, 0.717) is 11.7 Å². The quantitative estimate of drug-likeness (QED) is 0.435. The summed E-state index contributed by atoms with van der Waals surface area (Å²) in [5, 5.41) is 11.8. The number of amides is 1. The Labute approximate surface area is 188 Å². The lowest BCUT2D eigenvalue weighted by atomic mass is 10.1. The van der Waals surface area contributed by atoms with Gasteiger partial charge in [-0.15, -0.1) is 10.2 Å². The second-order valence-corrected chi connectivity index (χ2v) is 7.75. The number of hydrogen-bond donors (Lipinski definition) is 1. The zero-order chi connectivity index (χ0) is 23.1. The molecule has 1 heterocycles. The van der Waals surface area contributed by atoms with E-state index in [1.165, 1.54) is 23.9 Å². The Hall–Kier alpha value is -3.25. The monoisotopic (exact) mass is 458 g/mol. The molecule has 3 rings (SSSR count). The van der Waals surface area contributed by atoms with Crippen LogP contribution < -0.4 is 5.32 Å². The molecule has 1 aromatic heterocycles. The number of benzene rings is 2. The lowest BCUT2D eigenvalue weighted by molar-refractivity contribution is -0.137. The van der Waals surface area contributed by atoms with Gasteiger partial charge >= 0.3 is 6.18 Å². The van der Waals surface area contributed by atoms with Crippen LogP contribution in [0.25, 0.3) is 11.4 Å². The number of halogens is 3. The number of nitrogens with zero attached hydrogens (tertiary/aromatic N) is 3. The van der Waals surface area contributed by atoms with Crippen molar-refractivity contribution in [1.82, 2.24) is 20.1 Å². The number of carbonyl (C=O) groups is 1. The van der Waals surface area contributed by atoms with Gasteiger partial charge in [0.25, 0.3) is 0 Å². The molecule has 1 amide bonds. The molecule has 0 atom stereocenters. The first kappa shape index (κ1) is 23.4. The van der Waals surface area contributed by atoms with Crippen molar-refractivity contribution in [3.8, 4) is 23.2 Å². The molecule has 1 N–H and O–H groups in total. The number of hydrogen-bond acceptors (Lipinski definition) is 4. The predicted molar refractivity (Wildman–Crippen MR) is 118 cm³/mol. The molecule has 9 heteroatoms. The van der Waals surface area contributed by atoms with Crippen LogP contribution in [-0.4, -0.2) is 33.0 Å². The summed E-state index contributed by atoms with van der Waals surface area (Å²) in [5.74, 6) is 5.92. The SMILES string of the molecule is CCn1c(SCC(=O)NCC#Cc2cccc(C(F)(F)F)c2)nnc1-c1ccccc1C. The standard InChI is InChI=1S/C23H21F3N4OS/c1-3-30-21(19-12-5-4-8-16(19)2)28-29-22(30)32-15-20(31)27-13-7-10-17-9-6-11-18(14-17)23(24,25)26/h4-6,8-9,11-12,14H,3,13,15H2,1-2H3,(H,27,31). The third-order valence-electron chi connectivity index (χ3n) is 4.55. The summed E-state index contributed by atoms with van der Waals surface area (Å²) in [5.41, 5.74) is 1.56. The fourth-order valence-electron chi connectivity index (χ4n) is 2.95. The normalized spacial score (nSPS) is 11.0. The first-order chi connectivity index (χ1) is 15.3. The topological polar surface area (TPSA) is 59.8 Å². The zero-order valence-corrected chi connectivity index (χ0v) is 18.3. The van der Waals surface area contributed by atoms with E-state index < -0.39 is 11.7 Å². The summed E-state index contributed by atoms with van der Waals surface area (Å²) >= 11 is 1.26. The maximum absolute atomic E-state index is 12.7. The minimum atomic E-state index is -4.42. The van der Waals surface area contributed by atoms with E-state index in [2.05, 4.69) is 27.4 Å². The van der Waals surface area contributed by atoms with Gasteiger partial charge < -0.3 is 9.88 Å². The Morgan fingerprint density at radius 2 is 1.94 bits per heavy atom. The van der Waals surface area contributed by atoms with Gasteiger partial charge in [-0.05, 0) is 37.6 Å². The first-order valence-electron chi connectivity index (χ1n) is 9.84. The zero-order valence-electron chi connectivity index (χ0n) is 17.5. The van der Waals surface area contributed by atoms with E-state index in [0.717, 1.165) is 29.1 Å². The highest BCUT2D eigenvalue weighted by Crippen LogP contribution is 2.29. The molecular weight excluding hydrogens is 437 g/mol. The van der Waals surface area contributed by atoms with Crippen molar-refractivity contribution in [3.05, 3.63) is 65.2 Å². The van der Waals surface area contributed by atoms with Crippen molar-refractivity contribution in [2.75, 3.05) is 12.3 Å². The number of thioether (sulfide) groups is 1. The van der Waals surface area contributed by atoms with Gasteiger partial charge in [0.1, 0.15) is 0 Å². The van der Waals surface area contributed by atoms with E-state index in [4.69, 9.17) is 0 Å². The number of nitrogens with one attached hydrogen (secondary N) is 1. The van der Waals surface area contributed by atoms with Gasteiger partial charge in [-0.1, -0.05) is 53.9 Å². The molecule has 2 aromatic carbocycles. The van der Waals surface area contributed by atoms with Crippen LogP contribution >= 0.6 is 11.8 Å². The Bertz CT molecular complexity index is 1160. The molecule has 0 aliphatic rings. The molecule has 0 spiro atoms. The summed E-state index contributed by atoms with van der Waals surface area (Å²) in [4.78, 5) is 12.1. The number of carbonyl (C=O) groups excluding carboxylic acids is 1. The van der Waals surface area contributed by atoms with Crippen molar-refractivity contribution >= 4 is 17.7 Å². The van der Waals surface area contributed by atoms with Crippen molar-refractivity contribution in [2.45, 2.75) is 31.7 Å². The van der Waals surface area contributed by atoms with Crippen LogP contribution in [0.2, 0.25) is 0 Å². The van der Waals surface area contributed by atoms with Crippen molar-refractivity contribution in [2.24, 2.45) is 0 Å². The van der Waals surface area contributed by atoms with Crippen LogP contribution in [0.5, 0.6) is 0 Å². The van der Waals surface area contributed by atoms with Gasteiger partial charge in [0.05, 0.1) is 17.9 Å². The second-order valence-electron chi connectivity index (χ2n) is 6.81. The van der Waals surface area contributed by atoms with Crippen molar-refractivity contribution in [3.63, 3.8) is 0 Å². The van der Waals surface area contributed by atoms with E-state index >= 15 is 0 Å². The van der Waals surface area contributed by atoms with Gasteiger partial charge in [0.2, 0.25) is 5.91 Å². The third kappa shape index (κ3) is 5.92. The second kappa shape index (κ2) is 10.4. The Morgan fingerprint density at radius 1 is 1.16 bits per heavy atom. The van der Waals surface area contributed by atoms with Crippen LogP contribution in [0.1, 0.15) is 23.6 Å². The molecule has 0 bridgehead atoms. The average molecular weight is 459 g/mol. The van der Waals surface area contributed by atoms with Crippen LogP contribution in [0.4, 0.5) is 13.2 Å². The number of alkyl halides is 3. The van der Waals surface area contributed by atoms with Crippen LogP contribution in [-0.2, 0) is 17.5 Å². The van der Waals surface area contributed by atoms with Crippen molar-refractivity contribution < 1.29 is 18.0 Å². The first-order valence-corrected chi connectivity index (χ1v) is 10.8. The highest BCUT2D eigenvalue weighted by Gasteiger charge is 2.30. The maximum atomic E-state index is 12.7. The maximum Gasteiger partial charge on any atom is 0.416 e. The lowest BCUT2D eigenvalue weighted by Gasteiger charge is -2.09. The molecule has 166 valence electrons. The predicted octanol–water partition coefficient (Wildman–Crippen LogP) is 4.55. The Kier molecular flexibility index (Phi) is 7.59. The minimum absolute atomic E-state index is 0.0323. The van der Waals surface area contributed by atoms with Gasteiger partial charge in [-0.3, -0.25) is 4.79 Å². The minimum Gasteiger partial charge on any atom is -0.344 e. The van der Waals surface area contributed by atoms with E-state index in [-0.39, 0.29) is 23.8 Å². The molecule has 5 nitrogen and oxygen atoms in total. The molecule has 0 radical (unpaired) electrons. The van der Waals surface area contributed by atoms with Crippen molar-refractivity contribution in [1.29, 1.82) is 0 Å².